The first-order valence-electron chi connectivity index (χ1n) is 21.1. The number of nitro groups is 1. The third-order valence-corrected chi connectivity index (χ3v) is 15.9. The summed E-state index contributed by atoms with van der Waals surface area (Å²) in [4.78, 5) is 37.5. The van der Waals surface area contributed by atoms with Gasteiger partial charge < -0.3 is 24.1 Å². The van der Waals surface area contributed by atoms with Crippen molar-refractivity contribution in [2.75, 3.05) is 50.0 Å². The monoisotopic (exact) mass is 855 g/mol. The van der Waals surface area contributed by atoms with Crippen molar-refractivity contribution in [2.24, 2.45) is 10.8 Å². The van der Waals surface area contributed by atoms with Crippen LogP contribution in [0.2, 0.25) is 0 Å². The first-order valence-corrected chi connectivity index (χ1v) is 23.1. The maximum absolute atomic E-state index is 14.0. The number of ether oxygens (including phenoxy) is 3. The molecule has 7 aliphatic rings. The Hall–Kier alpha value is -4.50. The highest BCUT2D eigenvalue weighted by Gasteiger charge is 2.69. The van der Waals surface area contributed by atoms with Crippen LogP contribution in [0, 0.1) is 20.9 Å². The molecule has 11 rings (SSSR count). The van der Waals surface area contributed by atoms with Crippen LogP contribution in [0.15, 0.2) is 77.0 Å². The number of aromatic amines is 1. The van der Waals surface area contributed by atoms with E-state index in [1.54, 1.807) is 41.7 Å². The molecule has 6 fully saturated rings. The van der Waals surface area contributed by atoms with Gasteiger partial charge in [-0.2, -0.15) is 0 Å². The number of nitrogens with one attached hydrogen (secondary N) is 1. The largest absolute Gasteiger partial charge is 0.481 e. The second-order valence-electron chi connectivity index (χ2n) is 19.0. The van der Waals surface area contributed by atoms with E-state index < -0.39 is 32.0 Å². The molecule has 5 aliphatic carbocycles. The van der Waals surface area contributed by atoms with Gasteiger partial charge in [0.25, 0.3) is 0 Å². The van der Waals surface area contributed by atoms with Crippen molar-refractivity contribution in [1.29, 1.82) is 0 Å². The maximum Gasteiger partial charge on any atom is 0.312 e. The normalized spacial score (nSPS) is 26.8. The molecule has 2 aliphatic heterocycles. The number of benzene rings is 2. The minimum Gasteiger partial charge on any atom is -0.481 e. The van der Waals surface area contributed by atoms with Gasteiger partial charge in [-0.25, -0.2) is 13.4 Å². The average Bonchev–Trinajstić information content (AvgIpc) is 3.58. The highest BCUT2D eigenvalue weighted by atomic mass is 35.5. The number of fused-ring (bicyclic) bond motifs is 1. The van der Waals surface area contributed by atoms with Crippen LogP contribution in [-0.4, -0.2) is 95.7 Å². The van der Waals surface area contributed by atoms with E-state index in [9.17, 15) is 23.3 Å². The standard InChI is InChI=1S/C45H50ClN5O8S/c1-42(2)9-7-30(36(21-42)43-26-44(46,27-43)28-43)23-49-13-15-50(16-14-49)31-3-5-35(40(18-31)58-32-17-29-8-12-47-41(29)48-22-32)38(52)25-60(55,56)34-4-6-39(37(19-34)51(53)54)59-33-20-45(10-11-45)57-24-33/h3-6,8,12,17-19,22,33H,7,9-11,13-16,20-21,23-28H2,1-2H3,(H,47,48). The molecule has 1 unspecified atom stereocenters. The molecule has 2 bridgehead atoms. The number of halogens is 1. The number of anilines is 1. The summed E-state index contributed by atoms with van der Waals surface area (Å²) in [5.74, 6) is -1.08. The zero-order valence-electron chi connectivity index (χ0n) is 34.0. The molecule has 4 aromatic rings. The van der Waals surface area contributed by atoms with Gasteiger partial charge in [0, 0.05) is 73.4 Å². The van der Waals surface area contributed by atoms with E-state index in [0.29, 0.717) is 35.3 Å². The van der Waals surface area contributed by atoms with Crippen molar-refractivity contribution >= 4 is 49.6 Å². The predicted molar refractivity (Wildman–Crippen MR) is 227 cm³/mol. The minimum absolute atomic E-state index is 0.0360. The summed E-state index contributed by atoms with van der Waals surface area (Å²) >= 11 is 6.74. The molecule has 0 amide bonds. The molecule has 4 saturated carbocycles. The van der Waals surface area contributed by atoms with E-state index >= 15 is 0 Å². The second kappa shape index (κ2) is 14.3. The number of ketones is 1. The van der Waals surface area contributed by atoms with Crippen LogP contribution >= 0.6 is 11.6 Å². The smallest absolute Gasteiger partial charge is 0.312 e. The second-order valence-corrected chi connectivity index (χ2v) is 21.8. The van der Waals surface area contributed by atoms with Gasteiger partial charge >= 0.3 is 5.69 Å². The Balaban J connectivity index is 0.867. The van der Waals surface area contributed by atoms with E-state index in [2.05, 4.69) is 33.6 Å². The number of allylic oxidation sites excluding steroid dienone is 1. The van der Waals surface area contributed by atoms with Crippen molar-refractivity contribution in [3.05, 3.63) is 87.7 Å². The van der Waals surface area contributed by atoms with Crippen molar-refractivity contribution < 1.29 is 32.3 Å². The third kappa shape index (κ3) is 7.47. The van der Waals surface area contributed by atoms with Crippen molar-refractivity contribution in [1.82, 2.24) is 14.9 Å². The number of nitro benzene ring substituents is 1. The number of aromatic nitrogens is 2. The topological polar surface area (TPSA) is 157 Å². The number of sulfone groups is 1. The van der Waals surface area contributed by atoms with Gasteiger partial charge in [-0.05, 0) is 98.6 Å². The lowest BCUT2D eigenvalue weighted by Crippen LogP contribution is -2.65. The van der Waals surface area contributed by atoms with Gasteiger partial charge in [0.1, 0.15) is 29.0 Å². The summed E-state index contributed by atoms with van der Waals surface area (Å²) in [6.07, 6.45) is 12.3. The quantitative estimate of drug-likeness (QED) is 0.0453. The van der Waals surface area contributed by atoms with E-state index in [0.717, 1.165) is 94.8 Å². The van der Waals surface area contributed by atoms with Gasteiger partial charge in [0.05, 0.1) is 33.8 Å². The molecule has 316 valence electrons. The zero-order valence-corrected chi connectivity index (χ0v) is 35.6. The summed E-state index contributed by atoms with van der Waals surface area (Å²) in [6, 6.07) is 12.4. The maximum atomic E-state index is 14.0. The molecule has 60 heavy (non-hydrogen) atoms. The van der Waals surface area contributed by atoms with Gasteiger partial charge in [0.15, 0.2) is 21.4 Å². The van der Waals surface area contributed by atoms with Crippen molar-refractivity contribution in [3.63, 3.8) is 0 Å². The van der Waals surface area contributed by atoms with Crippen molar-refractivity contribution in [3.8, 4) is 17.2 Å². The molecule has 2 saturated heterocycles. The summed E-state index contributed by atoms with van der Waals surface area (Å²) in [5.41, 5.74) is 4.88. The van der Waals surface area contributed by atoms with Gasteiger partial charge in [-0.15, -0.1) is 11.6 Å². The number of rotatable bonds is 13. The van der Waals surface area contributed by atoms with Crippen molar-refractivity contribution in [2.45, 2.75) is 93.1 Å². The van der Waals surface area contributed by atoms with E-state index in [4.69, 9.17) is 25.8 Å². The number of pyridine rings is 1. The summed E-state index contributed by atoms with van der Waals surface area (Å²) in [7, 11) is -4.33. The first-order chi connectivity index (χ1) is 28.6. The van der Waals surface area contributed by atoms with Gasteiger partial charge in [0.2, 0.25) is 0 Å². The molecule has 2 aromatic carbocycles. The van der Waals surface area contributed by atoms with Gasteiger partial charge in [-0.1, -0.05) is 25.0 Å². The molecule has 15 heteroatoms. The van der Waals surface area contributed by atoms with E-state index in [1.165, 1.54) is 18.6 Å². The molecule has 1 spiro atoms. The Morgan fingerprint density at radius 1 is 1.03 bits per heavy atom. The molecule has 1 N–H and O–H groups in total. The Bertz CT molecular complexity index is 2540. The van der Waals surface area contributed by atoms with E-state index in [-0.39, 0.29) is 38.5 Å². The van der Waals surface area contributed by atoms with Crippen LogP contribution in [0.1, 0.15) is 82.0 Å². The Kier molecular flexibility index (Phi) is 9.43. The van der Waals surface area contributed by atoms with Crippen LogP contribution in [0.25, 0.3) is 11.0 Å². The first kappa shape index (κ1) is 39.6. The molecule has 0 radical (unpaired) electrons. The van der Waals surface area contributed by atoms with Gasteiger partial charge in [-0.3, -0.25) is 19.8 Å². The number of carbonyl (C=O) groups excluding carboxylic acids is 1. The number of Topliss-reactive ketones (excluding diaryl/α,β-unsaturated/α-hetero) is 1. The molecule has 1 atom stereocenters. The highest BCUT2D eigenvalue weighted by molar-refractivity contribution is 7.92. The summed E-state index contributed by atoms with van der Waals surface area (Å²) < 4.78 is 45.6. The Labute approximate surface area is 354 Å². The lowest BCUT2D eigenvalue weighted by Gasteiger charge is -2.70. The average molecular weight is 856 g/mol. The summed E-state index contributed by atoms with van der Waals surface area (Å²) in [6.45, 7) is 9.39. The predicted octanol–water partition coefficient (Wildman–Crippen LogP) is 8.41. The number of H-pyrrole nitrogens is 1. The molecule has 13 nitrogen and oxygen atoms in total. The number of hydrogen-bond donors (Lipinski definition) is 1. The molecular formula is C45H50ClN5O8S. The fraction of sp³-hybridized carbons (Fsp3) is 0.511. The Morgan fingerprint density at radius 3 is 2.53 bits per heavy atom. The Morgan fingerprint density at radius 2 is 1.82 bits per heavy atom. The van der Waals surface area contributed by atoms with Crippen LogP contribution in [0.4, 0.5) is 11.4 Å². The zero-order chi connectivity index (χ0) is 41.7. The van der Waals surface area contributed by atoms with Crippen LogP contribution in [-0.2, 0) is 14.6 Å². The fourth-order valence-corrected chi connectivity index (χ4v) is 12.4. The number of alkyl halides is 1. The van der Waals surface area contributed by atoms with Crippen LogP contribution < -0.4 is 14.4 Å². The summed E-state index contributed by atoms with van der Waals surface area (Å²) in [5, 5.41) is 12.9. The number of nitrogens with zero attached hydrogens (tertiary/aromatic N) is 4. The van der Waals surface area contributed by atoms with E-state index in [1.807, 2.05) is 12.1 Å². The lowest BCUT2D eigenvalue weighted by atomic mass is 9.39. The van der Waals surface area contributed by atoms with Crippen LogP contribution in [0.5, 0.6) is 17.2 Å². The highest BCUT2D eigenvalue weighted by Crippen LogP contribution is 2.75. The third-order valence-electron chi connectivity index (χ3n) is 13.9. The molecule has 4 heterocycles. The lowest BCUT2D eigenvalue weighted by molar-refractivity contribution is -0.386. The number of carbonyl (C=O) groups is 1. The SMILES string of the molecule is CC1(C)CCC(CN2CCN(c3ccc(C(=O)CS(=O)(=O)c4ccc(OC5COC6(CC6)C5)c([N+](=O)[O-])c4)c(Oc4cnc5[nH]ccc5c4)c3)CC2)=C(C23CC(Cl)(C2)C3)C1. The molecular weight excluding hydrogens is 806 g/mol. The molecule has 2 aromatic heterocycles. The van der Waals surface area contributed by atoms with Crippen LogP contribution in [0.3, 0.4) is 0 Å². The number of hydrogen-bond acceptors (Lipinski definition) is 11. The fourth-order valence-electron chi connectivity index (χ4n) is 10.4. The minimum atomic E-state index is -4.33. The number of piperazine rings is 1.